The zero-order valence-electron chi connectivity index (χ0n) is 70.9. The number of amides is 5. The Morgan fingerprint density at radius 3 is 2.08 bits per heavy atom. The van der Waals surface area contributed by atoms with Gasteiger partial charge in [-0.25, -0.2) is 24.0 Å². The highest BCUT2D eigenvalue weighted by molar-refractivity contribution is 5.99. The highest BCUT2D eigenvalue weighted by Gasteiger charge is 2.79. The molecule has 5 amide bonds. The smallest absolute Gasteiger partial charge is 0.456 e. The van der Waals surface area contributed by atoms with E-state index in [9.17, 15) is 68.4 Å². The summed E-state index contributed by atoms with van der Waals surface area (Å²) in [5, 5.41) is 59.1. The summed E-state index contributed by atoms with van der Waals surface area (Å²) in [7, 11) is 0. The van der Waals surface area contributed by atoms with Gasteiger partial charge in [0.05, 0.1) is 47.3 Å². The zero-order chi connectivity index (χ0) is 88.1. The van der Waals surface area contributed by atoms with Crippen LogP contribution in [0.3, 0.4) is 0 Å². The molecular formula is C94H115N5O23. The number of urea groups is 1. The van der Waals surface area contributed by atoms with Gasteiger partial charge in [-0.15, -0.1) is 0 Å². The number of ether oxygens (including phenoxy) is 8. The topological polar surface area (TPSA) is 417 Å². The molecule has 7 aliphatic carbocycles. The van der Waals surface area contributed by atoms with Crippen LogP contribution in [0.5, 0.6) is 0 Å². The van der Waals surface area contributed by atoms with Crippen molar-refractivity contribution in [1.29, 1.82) is 0 Å². The van der Waals surface area contributed by atoms with Crippen molar-refractivity contribution < 1.29 is 111 Å². The number of nitrogens with one attached hydrogen (secondary N) is 4. The van der Waals surface area contributed by atoms with Gasteiger partial charge in [-0.1, -0.05) is 143 Å². The number of aliphatic hydroxyl groups is 4. The molecule has 8 aliphatic rings. The van der Waals surface area contributed by atoms with Gasteiger partial charge >= 0.3 is 42.2 Å². The van der Waals surface area contributed by atoms with Crippen molar-refractivity contribution in [3.63, 3.8) is 0 Å². The third kappa shape index (κ3) is 19.2. The minimum Gasteiger partial charge on any atom is -0.456 e. The molecule has 0 spiro atoms. The van der Waals surface area contributed by atoms with E-state index in [0.717, 1.165) is 64.4 Å². The van der Waals surface area contributed by atoms with Gasteiger partial charge < -0.3 is 85.3 Å². The summed E-state index contributed by atoms with van der Waals surface area (Å²) < 4.78 is 49.4. The number of Topliss-reactive ketones (excluding diaryl/α,β-unsaturated/α-hetero) is 2. The number of allylic oxidation sites excluding steroid dienone is 4. The molecule has 4 aromatic rings. The second-order valence-electron chi connectivity index (χ2n) is 35.8. The van der Waals surface area contributed by atoms with Crippen molar-refractivity contribution in [2.24, 2.45) is 57.5 Å². The fourth-order valence-corrected chi connectivity index (χ4v) is 20.1. The summed E-state index contributed by atoms with van der Waals surface area (Å²) in [4.78, 5) is 156. The number of benzene rings is 4. The lowest BCUT2D eigenvalue weighted by Crippen LogP contribution is -2.82. The van der Waals surface area contributed by atoms with Crippen molar-refractivity contribution in [3.05, 3.63) is 196 Å². The number of carbonyl (C=O) groups is 11. The van der Waals surface area contributed by atoms with Crippen LogP contribution in [0.15, 0.2) is 174 Å². The molecule has 1 saturated heterocycles. The molecule has 28 heteroatoms. The largest absolute Gasteiger partial charge is 0.508 e. The third-order valence-electron chi connectivity index (χ3n) is 27.1. The van der Waals surface area contributed by atoms with E-state index in [1.165, 1.54) is 95.6 Å². The van der Waals surface area contributed by atoms with Gasteiger partial charge in [0.25, 0.3) is 5.91 Å². The lowest BCUT2D eigenvalue weighted by molar-refractivity contribution is -0.346. The highest BCUT2D eigenvalue weighted by atomic mass is 16.7. The average Bonchev–Trinajstić information content (AvgIpc) is 0.723. The van der Waals surface area contributed by atoms with Crippen molar-refractivity contribution in [2.75, 3.05) is 18.5 Å². The second kappa shape index (κ2) is 37.2. The van der Waals surface area contributed by atoms with E-state index in [4.69, 9.17) is 43.6 Å². The minimum absolute atomic E-state index is 0.0360. The molecule has 0 aromatic heterocycles. The van der Waals surface area contributed by atoms with Crippen LogP contribution in [0.4, 0.5) is 20.1 Å². The van der Waals surface area contributed by atoms with Gasteiger partial charge in [-0.3, -0.25) is 28.8 Å². The fourth-order valence-electron chi connectivity index (χ4n) is 20.1. The van der Waals surface area contributed by atoms with Crippen molar-refractivity contribution in [1.82, 2.24) is 16.0 Å². The number of hydrogen-bond donors (Lipinski definition) is 9. The van der Waals surface area contributed by atoms with Gasteiger partial charge in [0.2, 0.25) is 5.91 Å². The molecule has 0 radical (unpaired) electrons. The Bertz CT molecular complexity index is 4750. The molecule has 7 fully saturated rings. The van der Waals surface area contributed by atoms with Crippen molar-refractivity contribution in [2.45, 2.75) is 243 Å². The van der Waals surface area contributed by atoms with Gasteiger partial charge in [0, 0.05) is 75.1 Å². The summed E-state index contributed by atoms with van der Waals surface area (Å²) in [6, 6.07) is 27.6. The summed E-state index contributed by atoms with van der Waals surface area (Å²) in [6.07, 6.45) is -0.355. The van der Waals surface area contributed by atoms with Crippen molar-refractivity contribution in [3.8, 4) is 0 Å². The molecule has 19 atom stereocenters. The molecular weight excluding hydrogens is 1570 g/mol. The number of primary amides is 1. The second-order valence-corrected chi connectivity index (χ2v) is 35.8. The van der Waals surface area contributed by atoms with E-state index in [1.54, 1.807) is 66.7 Å². The summed E-state index contributed by atoms with van der Waals surface area (Å²) in [5.41, 5.74) is -1.35. The average molecular weight is 1680 g/mol. The van der Waals surface area contributed by atoms with Gasteiger partial charge in [0.1, 0.15) is 42.7 Å². The molecule has 1 heterocycles. The molecule has 6 saturated carbocycles. The summed E-state index contributed by atoms with van der Waals surface area (Å²) in [5.74, 6) is -8.35. The maximum absolute atomic E-state index is 16.7. The quantitative estimate of drug-likeness (QED) is 0.0105. The lowest BCUT2D eigenvalue weighted by atomic mass is 9.44. The van der Waals surface area contributed by atoms with Crippen LogP contribution in [0.1, 0.15) is 197 Å². The van der Waals surface area contributed by atoms with Gasteiger partial charge in [-0.2, -0.15) is 0 Å². The van der Waals surface area contributed by atoms with E-state index in [2.05, 4.69) is 53.8 Å². The lowest BCUT2D eigenvalue weighted by Gasteiger charge is -2.67. The molecule has 10 N–H and O–H groups in total. The Labute approximate surface area is 710 Å². The predicted molar refractivity (Wildman–Crippen MR) is 445 cm³/mol. The number of aliphatic hydroxyl groups excluding tert-OH is 3. The Hall–Kier alpha value is -10.7. The van der Waals surface area contributed by atoms with Crippen LogP contribution in [0, 0.1) is 51.8 Å². The normalized spacial score (nSPS) is 29.7. The number of anilines is 1. The molecule has 654 valence electrons. The number of esters is 4. The Kier molecular flexibility index (Phi) is 27.6. The predicted octanol–water partition coefficient (Wildman–Crippen LogP) is 11.7. The van der Waals surface area contributed by atoms with E-state index in [0.29, 0.717) is 40.4 Å². The minimum atomic E-state index is -2.61. The van der Waals surface area contributed by atoms with Crippen LogP contribution in [0.2, 0.25) is 0 Å². The SMILES string of the molecule is C=C1/C(=C\C=C2/CCC[C@@]3(C)C2CCC3[C@@H](C)/C=C/C(O)C2CC2)C[C@@H](OC(=O)NC(C)(C)C(=O)CC(CCCNC(N)=O)C(=O)Nc2ccc(COC(=O)OC3CC4OCC4(OC(C)=O)C4C(OC(=O)c5ccccc5)C5(O)CC(OC(=O)C(O)C(NC(=O)c6ccccc6)c6ccccc6)C(C)=C(C(OC(C)=O)C(=O)C34C)C5(C)C)cc2)C[C@@H]1O. The van der Waals surface area contributed by atoms with Gasteiger partial charge in [0.15, 0.2) is 29.4 Å². The van der Waals surface area contributed by atoms with E-state index in [-0.39, 0.29) is 78.1 Å². The first-order chi connectivity index (χ1) is 57.8. The monoisotopic (exact) mass is 1680 g/mol. The standard InChI is InChI=1S/C94H115N5O23/c1-52(31-42-69(102)59-35-36-59)67-40-41-68-58(29-21-43-91(67,68)10)34-37-63-45-66(47-70(103)53(63)2)118-87(112)99-90(8,9)72(104)46-64(30-22-44-96-86(95)111)83(108)97-65-38-32-57(33-39-65)50-115-88(113)120-73-48-74-93(51-116-74,122-56(5)101)79-81(121-84(109)62-27-19-14-20-28-62)94(114)49-71(54(3)75(89(94,6)7)78(117-55(4)100)80(106)92(73,79)11)119-85(110)77(105)76(60-23-15-12-16-24-60)98-82(107)61-25-17-13-18-26-61/h12-20,23-28,31-34,37-39,42,52,59,64,66-71,73-74,76-79,81,102-103,105,114H,2,21-22,29-30,35-36,40-41,43-51H2,1,3-11H3,(H,97,108)(H,98,107)(H,99,112)(H3,95,96,111)/b42-31+,58-34+,63-37-/t52-,64?,66+,67?,68?,69?,70-,71?,73?,74?,76?,77?,78?,79?,81?,91+,92?,93?,94?/m0/s1. The van der Waals surface area contributed by atoms with E-state index >= 15 is 4.79 Å². The summed E-state index contributed by atoms with van der Waals surface area (Å²) in [6.45, 7) is 18.9. The van der Waals surface area contributed by atoms with E-state index in [1.807, 2.05) is 12.2 Å². The van der Waals surface area contributed by atoms with Crippen LogP contribution >= 0.6 is 0 Å². The van der Waals surface area contributed by atoms with Crippen LogP contribution in [0.25, 0.3) is 0 Å². The highest BCUT2D eigenvalue weighted by Crippen LogP contribution is 2.66. The molecule has 2 bridgehead atoms. The Balaban J connectivity index is 0.743. The number of carbonyl (C=O) groups excluding carboxylic acids is 11. The number of fused-ring (bicyclic) bond motifs is 6. The van der Waals surface area contributed by atoms with Crippen LogP contribution in [-0.4, -0.2) is 171 Å². The van der Waals surface area contributed by atoms with E-state index < -0.39 is 186 Å². The van der Waals surface area contributed by atoms with Crippen molar-refractivity contribution >= 4 is 71.2 Å². The number of hydrogen-bond acceptors (Lipinski definition) is 23. The number of rotatable bonds is 29. The summed E-state index contributed by atoms with van der Waals surface area (Å²) >= 11 is 0. The maximum atomic E-state index is 16.7. The molecule has 4 aromatic carbocycles. The maximum Gasteiger partial charge on any atom is 0.508 e. The zero-order valence-corrected chi connectivity index (χ0v) is 70.9. The van der Waals surface area contributed by atoms with Crippen LogP contribution < -0.4 is 27.0 Å². The molecule has 1 aliphatic heterocycles. The first kappa shape index (κ1) is 90.6. The molecule has 122 heavy (non-hydrogen) atoms. The third-order valence-corrected chi connectivity index (χ3v) is 27.1. The number of alkyl carbamates (subject to hydrolysis) is 1. The number of nitrogens with two attached hydrogens (primary N) is 1. The van der Waals surface area contributed by atoms with Gasteiger partial charge in [-0.05, 0) is 184 Å². The molecule has 15 unspecified atom stereocenters. The number of ketones is 2. The first-order valence-electron chi connectivity index (χ1n) is 42.2. The first-order valence-corrected chi connectivity index (χ1v) is 42.2. The fraction of sp³-hybridized carbons (Fsp3) is 0.521. The molecule has 12 rings (SSSR count). The molecule has 28 nitrogen and oxygen atoms in total. The van der Waals surface area contributed by atoms with Crippen LogP contribution in [-0.2, 0) is 73.3 Å². The Morgan fingerprint density at radius 1 is 0.787 bits per heavy atom. The Morgan fingerprint density at radius 2 is 1.45 bits per heavy atom.